The Hall–Kier alpha value is -0.410. The lowest BCUT2D eigenvalue weighted by Gasteiger charge is -2.28. The second kappa shape index (κ2) is 5.07. The molecule has 0 bridgehead atoms. The number of rotatable bonds is 5. The lowest BCUT2D eigenvalue weighted by atomic mass is 9.85. The van der Waals surface area contributed by atoms with E-state index < -0.39 is 5.60 Å². The molecule has 0 aliphatic carbocycles. The molecule has 1 aliphatic heterocycles. The monoisotopic (exact) mass is 241 g/mol. The Morgan fingerprint density at radius 1 is 1.29 bits per heavy atom. The van der Waals surface area contributed by atoms with Gasteiger partial charge in [0.2, 0.25) is 0 Å². The topological polar surface area (TPSA) is 29.5 Å². The van der Waals surface area contributed by atoms with E-state index in [-0.39, 0.29) is 17.3 Å². The highest BCUT2D eigenvalue weighted by Gasteiger charge is 2.53. The van der Waals surface area contributed by atoms with Crippen LogP contribution < -0.4 is 0 Å². The predicted molar refractivity (Wildman–Crippen MR) is 70.1 cm³/mol. The molecular weight excluding hydrogens is 214 g/mol. The zero-order chi connectivity index (χ0) is 13.3. The van der Waals surface area contributed by atoms with E-state index in [0.717, 1.165) is 13.1 Å². The summed E-state index contributed by atoms with van der Waals surface area (Å²) in [6, 6.07) is 0. The summed E-state index contributed by atoms with van der Waals surface area (Å²) < 4.78 is 5.89. The van der Waals surface area contributed by atoms with Gasteiger partial charge < -0.3 is 9.64 Å². The zero-order valence-corrected chi connectivity index (χ0v) is 12.2. The summed E-state index contributed by atoms with van der Waals surface area (Å²) in [5.74, 6) is 0.227. The maximum Gasteiger partial charge on any atom is 0.171 e. The molecule has 0 saturated carbocycles. The van der Waals surface area contributed by atoms with Gasteiger partial charge in [0.25, 0.3) is 0 Å². The first-order chi connectivity index (χ1) is 7.70. The Labute approximate surface area is 106 Å². The van der Waals surface area contributed by atoms with E-state index in [2.05, 4.69) is 18.9 Å². The van der Waals surface area contributed by atoms with E-state index in [0.29, 0.717) is 0 Å². The van der Waals surface area contributed by atoms with Gasteiger partial charge in [-0.25, -0.2) is 0 Å². The highest BCUT2D eigenvalue weighted by molar-refractivity contribution is 5.91. The summed E-state index contributed by atoms with van der Waals surface area (Å²) in [6.45, 7) is 11.8. The van der Waals surface area contributed by atoms with Crippen molar-refractivity contribution in [3.8, 4) is 0 Å². The molecule has 100 valence electrons. The van der Waals surface area contributed by atoms with Crippen LogP contribution in [0.25, 0.3) is 0 Å². The van der Waals surface area contributed by atoms with Crippen molar-refractivity contribution in [2.45, 2.75) is 58.7 Å². The van der Waals surface area contributed by atoms with Crippen molar-refractivity contribution in [1.29, 1.82) is 0 Å². The molecule has 1 heterocycles. The van der Waals surface area contributed by atoms with E-state index in [1.54, 1.807) is 0 Å². The molecule has 3 heteroatoms. The summed E-state index contributed by atoms with van der Waals surface area (Å²) in [5.41, 5.74) is -0.971. The number of hydrogen-bond donors (Lipinski definition) is 0. The van der Waals surface area contributed by atoms with Gasteiger partial charge in [-0.15, -0.1) is 0 Å². The number of nitrogens with zero attached hydrogens (tertiary/aromatic N) is 1. The largest absolute Gasteiger partial charge is 0.361 e. The van der Waals surface area contributed by atoms with Crippen LogP contribution in [0.1, 0.15) is 47.5 Å². The molecule has 1 atom stereocenters. The van der Waals surface area contributed by atoms with Gasteiger partial charge in [-0.1, -0.05) is 13.3 Å². The molecule has 0 aromatic carbocycles. The quantitative estimate of drug-likeness (QED) is 0.740. The number of hydrogen-bond acceptors (Lipinski definition) is 3. The van der Waals surface area contributed by atoms with E-state index in [9.17, 15) is 4.79 Å². The Morgan fingerprint density at radius 2 is 1.88 bits per heavy atom. The second-order valence-electron chi connectivity index (χ2n) is 6.25. The third-order valence-corrected chi connectivity index (χ3v) is 3.65. The highest BCUT2D eigenvalue weighted by Crippen LogP contribution is 2.39. The van der Waals surface area contributed by atoms with Gasteiger partial charge in [0, 0.05) is 6.54 Å². The number of carbonyl (C=O) groups is 1. The molecule has 17 heavy (non-hydrogen) atoms. The fourth-order valence-electron chi connectivity index (χ4n) is 2.65. The Balaban J connectivity index is 2.66. The highest BCUT2D eigenvalue weighted by atomic mass is 16.5. The minimum absolute atomic E-state index is 0.0145. The van der Waals surface area contributed by atoms with Crippen LogP contribution in [0, 0.1) is 5.92 Å². The van der Waals surface area contributed by atoms with Gasteiger partial charge in [0.05, 0.1) is 11.5 Å². The van der Waals surface area contributed by atoms with Crippen molar-refractivity contribution >= 4 is 5.78 Å². The average Bonchev–Trinajstić information content (AvgIpc) is 2.33. The summed E-state index contributed by atoms with van der Waals surface area (Å²) in [5, 5.41) is 0. The molecule has 1 unspecified atom stereocenters. The lowest BCUT2D eigenvalue weighted by molar-refractivity contribution is -0.132. The van der Waals surface area contributed by atoms with Crippen molar-refractivity contribution in [1.82, 2.24) is 4.90 Å². The fourth-order valence-corrected chi connectivity index (χ4v) is 2.65. The zero-order valence-electron chi connectivity index (χ0n) is 12.2. The molecular formula is C14H27NO2. The van der Waals surface area contributed by atoms with E-state index in [4.69, 9.17) is 4.74 Å². The molecule has 0 radical (unpaired) electrons. The molecule has 1 aliphatic rings. The molecule has 1 saturated heterocycles. The summed E-state index contributed by atoms with van der Waals surface area (Å²) in [4.78, 5) is 14.5. The van der Waals surface area contributed by atoms with Crippen LogP contribution in [-0.4, -0.2) is 42.0 Å². The van der Waals surface area contributed by atoms with Crippen LogP contribution >= 0.6 is 0 Å². The Kier molecular flexibility index (Phi) is 4.37. The Morgan fingerprint density at radius 3 is 2.29 bits per heavy atom. The number of unbranched alkanes of at least 4 members (excludes halogenated alkanes) is 1. The van der Waals surface area contributed by atoms with Crippen LogP contribution in [0.3, 0.4) is 0 Å². The van der Waals surface area contributed by atoms with Gasteiger partial charge >= 0.3 is 0 Å². The maximum atomic E-state index is 12.3. The molecule has 0 aromatic heterocycles. The van der Waals surface area contributed by atoms with Crippen LogP contribution in [0.4, 0.5) is 0 Å². The predicted octanol–water partition coefficient (Wildman–Crippen LogP) is 2.49. The lowest BCUT2D eigenvalue weighted by Crippen LogP contribution is -2.40. The first-order valence-electron chi connectivity index (χ1n) is 6.63. The van der Waals surface area contributed by atoms with Crippen molar-refractivity contribution in [2.24, 2.45) is 5.92 Å². The fraction of sp³-hybridized carbons (Fsp3) is 0.929. The summed E-state index contributed by atoms with van der Waals surface area (Å²) in [6.07, 6.45) is 2.37. The maximum absolute atomic E-state index is 12.3. The first-order valence-corrected chi connectivity index (χ1v) is 6.63. The number of Topliss-reactive ketones (excluding diaryl/α,β-unsaturated/α-hetero) is 1. The normalized spacial score (nSPS) is 26.8. The minimum Gasteiger partial charge on any atom is -0.361 e. The average molecular weight is 241 g/mol. The van der Waals surface area contributed by atoms with Crippen LogP contribution in [-0.2, 0) is 9.53 Å². The van der Waals surface area contributed by atoms with Crippen LogP contribution in [0.5, 0.6) is 0 Å². The minimum atomic E-state index is -0.625. The van der Waals surface area contributed by atoms with Crippen LogP contribution in [0.15, 0.2) is 0 Å². The third-order valence-electron chi connectivity index (χ3n) is 3.65. The molecule has 0 aromatic rings. The third kappa shape index (κ3) is 3.29. The molecule has 0 spiro atoms. The summed E-state index contributed by atoms with van der Waals surface area (Å²) in [7, 11) is 2.09. The van der Waals surface area contributed by atoms with Gasteiger partial charge in [-0.2, -0.15) is 0 Å². The molecule has 1 rings (SSSR count). The number of ketones is 1. The van der Waals surface area contributed by atoms with Crippen molar-refractivity contribution in [3.05, 3.63) is 0 Å². The van der Waals surface area contributed by atoms with Gasteiger partial charge in [0.15, 0.2) is 5.78 Å². The molecule has 0 amide bonds. The van der Waals surface area contributed by atoms with Crippen molar-refractivity contribution < 1.29 is 9.53 Å². The molecule has 1 fully saturated rings. The van der Waals surface area contributed by atoms with E-state index in [1.165, 1.54) is 12.8 Å². The second-order valence-corrected chi connectivity index (χ2v) is 6.25. The van der Waals surface area contributed by atoms with Gasteiger partial charge in [-0.3, -0.25) is 4.79 Å². The van der Waals surface area contributed by atoms with Gasteiger partial charge in [-0.05, 0) is 47.7 Å². The number of carbonyl (C=O) groups excluding carboxylic acids is 1. The van der Waals surface area contributed by atoms with E-state index >= 15 is 0 Å². The van der Waals surface area contributed by atoms with Crippen molar-refractivity contribution in [3.63, 3.8) is 0 Å². The number of ether oxygens (including phenoxy) is 1. The molecule has 3 nitrogen and oxygen atoms in total. The van der Waals surface area contributed by atoms with Crippen LogP contribution in [0.2, 0.25) is 0 Å². The van der Waals surface area contributed by atoms with Crippen molar-refractivity contribution in [2.75, 3.05) is 20.1 Å². The first kappa shape index (κ1) is 14.7. The van der Waals surface area contributed by atoms with Gasteiger partial charge in [0.1, 0.15) is 5.60 Å². The summed E-state index contributed by atoms with van der Waals surface area (Å²) >= 11 is 0. The molecule has 0 N–H and O–H groups in total. The SMILES string of the molecule is CCCCN(C)CC1C(=O)C(C)(C)OC1(C)C. The smallest absolute Gasteiger partial charge is 0.171 e. The standard InChI is InChI=1S/C14H27NO2/c1-7-8-9-15(6)10-11-12(16)14(4,5)17-13(11,2)3/h11H,7-10H2,1-6H3. The van der Waals surface area contributed by atoms with E-state index in [1.807, 2.05) is 27.7 Å². The Bertz CT molecular complexity index is 284.